The van der Waals surface area contributed by atoms with Gasteiger partial charge >= 0.3 is 0 Å². The van der Waals surface area contributed by atoms with Gasteiger partial charge in [0, 0.05) is 25.2 Å². The summed E-state index contributed by atoms with van der Waals surface area (Å²) in [4.78, 5) is 14.4. The summed E-state index contributed by atoms with van der Waals surface area (Å²) in [6.45, 7) is 1.45. The predicted molar refractivity (Wildman–Crippen MR) is 82.4 cm³/mol. The van der Waals surface area contributed by atoms with Crippen LogP contribution in [-0.2, 0) is 0 Å². The van der Waals surface area contributed by atoms with Crippen LogP contribution in [0.25, 0.3) is 0 Å². The smallest absolute Gasteiger partial charge is 0.257 e. The van der Waals surface area contributed by atoms with Crippen LogP contribution in [0.5, 0.6) is 11.5 Å². The van der Waals surface area contributed by atoms with Gasteiger partial charge in [-0.25, -0.2) is 0 Å². The van der Waals surface area contributed by atoms with Crippen molar-refractivity contribution in [2.45, 2.75) is 31.3 Å². The molecular weight excluding hydrogens is 292 g/mol. The standard InChI is InChI=1S/C15H20N2O3.ClH/c1-20-12-4-5-14(18)13(8-12)15(19)17-7-6-10-2-3-11(9-17)16-10;/h4-5,8,10-11,16,18H,2-3,6-7,9H2,1H3;1H. The Morgan fingerprint density at radius 3 is 2.86 bits per heavy atom. The number of hydrogen-bond donors (Lipinski definition) is 2. The van der Waals surface area contributed by atoms with Gasteiger partial charge in [0.2, 0.25) is 0 Å². The molecule has 5 nitrogen and oxygen atoms in total. The fraction of sp³-hybridized carbons (Fsp3) is 0.533. The number of likely N-dealkylation sites (tertiary alicyclic amines) is 1. The molecule has 2 aliphatic rings. The number of fused-ring (bicyclic) bond motifs is 2. The average Bonchev–Trinajstić information content (AvgIpc) is 2.78. The quantitative estimate of drug-likeness (QED) is 0.874. The molecule has 0 aliphatic carbocycles. The lowest BCUT2D eigenvalue weighted by atomic mass is 10.1. The van der Waals surface area contributed by atoms with Gasteiger partial charge in [-0.1, -0.05) is 0 Å². The number of nitrogens with zero attached hydrogens (tertiary/aromatic N) is 1. The number of carbonyl (C=O) groups excluding carboxylic acids is 1. The zero-order chi connectivity index (χ0) is 14.1. The van der Waals surface area contributed by atoms with Crippen LogP contribution in [0.1, 0.15) is 29.6 Å². The first-order chi connectivity index (χ1) is 9.67. The SMILES string of the molecule is COc1ccc(O)c(C(=O)N2CCC3CCC(C2)N3)c1.Cl. The molecule has 2 bridgehead atoms. The zero-order valence-electron chi connectivity index (χ0n) is 12.0. The third kappa shape index (κ3) is 3.24. The monoisotopic (exact) mass is 312 g/mol. The van der Waals surface area contributed by atoms with Gasteiger partial charge in [-0.3, -0.25) is 4.79 Å². The van der Waals surface area contributed by atoms with Gasteiger partial charge in [0.15, 0.2) is 0 Å². The van der Waals surface area contributed by atoms with E-state index in [1.54, 1.807) is 19.2 Å². The Morgan fingerprint density at radius 2 is 2.10 bits per heavy atom. The number of phenols is 1. The van der Waals surface area contributed by atoms with Gasteiger partial charge in [-0.15, -0.1) is 12.4 Å². The molecule has 0 radical (unpaired) electrons. The van der Waals surface area contributed by atoms with Crippen LogP contribution < -0.4 is 10.1 Å². The highest BCUT2D eigenvalue weighted by atomic mass is 35.5. The van der Waals surface area contributed by atoms with Crippen molar-refractivity contribution in [3.63, 3.8) is 0 Å². The van der Waals surface area contributed by atoms with E-state index in [1.165, 1.54) is 12.5 Å². The van der Waals surface area contributed by atoms with Crippen molar-refractivity contribution in [3.8, 4) is 11.5 Å². The number of rotatable bonds is 2. The predicted octanol–water partition coefficient (Wildman–Crippen LogP) is 1.79. The fourth-order valence-corrected chi connectivity index (χ4v) is 3.11. The van der Waals surface area contributed by atoms with Crippen molar-refractivity contribution >= 4 is 18.3 Å². The van der Waals surface area contributed by atoms with Gasteiger partial charge in [-0.05, 0) is 37.5 Å². The number of nitrogens with one attached hydrogen (secondary N) is 1. The number of ether oxygens (including phenoxy) is 1. The second-order valence-electron chi connectivity index (χ2n) is 5.56. The lowest BCUT2D eigenvalue weighted by molar-refractivity contribution is 0.0744. The minimum Gasteiger partial charge on any atom is -0.507 e. The van der Waals surface area contributed by atoms with Crippen molar-refractivity contribution in [1.82, 2.24) is 10.2 Å². The highest BCUT2D eigenvalue weighted by molar-refractivity contribution is 5.97. The van der Waals surface area contributed by atoms with Crippen LogP contribution in [0.4, 0.5) is 0 Å². The molecule has 2 saturated heterocycles. The van der Waals surface area contributed by atoms with Gasteiger partial charge in [0.05, 0.1) is 12.7 Å². The fourth-order valence-electron chi connectivity index (χ4n) is 3.11. The third-order valence-corrected chi connectivity index (χ3v) is 4.24. The van der Waals surface area contributed by atoms with Crippen LogP contribution in [0, 0.1) is 0 Å². The van der Waals surface area contributed by atoms with E-state index in [0.29, 0.717) is 29.9 Å². The van der Waals surface area contributed by atoms with Crippen LogP contribution in [-0.4, -0.2) is 48.2 Å². The number of halogens is 1. The molecule has 0 saturated carbocycles. The van der Waals surface area contributed by atoms with Gasteiger partial charge in [0.1, 0.15) is 11.5 Å². The van der Waals surface area contributed by atoms with Crippen molar-refractivity contribution in [2.75, 3.05) is 20.2 Å². The average molecular weight is 313 g/mol. The molecular formula is C15H21ClN2O3. The maximum absolute atomic E-state index is 12.6. The summed E-state index contributed by atoms with van der Waals surface area (Å²) in [5, 5.41) is 13.5. The number of benzene rings is 1. The molecule has 3 rings (SSSR count). The summed E-state index contributed by atoms with van der Waals surface area (Å²) in [7, 11) is 1.55. The largest absolute Gasteiger partial charge is 0.507 e. The summed E-state index contributed by atoms with van der Waals surface area (Å²) < 4.78 is 5.13. The molecule has 2 N–H and O–H groups in total. The lowest BCUT2D eigenvalue weighted by Crippen LogP contribution is -2.39. The molecule has 2 heterocycles. The topological polar surface area (TPSA) is 61.8 Å². The van der Waals surface area contributed by atoms with E-state index in [2.05, 4.69) is 5.32 Å². The Morgan fingerprint density at radius 1 is 1.33 bits per heavy atom. The molecule has 0 spiro atoms. The van der Waals surface area contributed by atoms with E-state index in [1.807, 2.05) is 4.90 Å². The molecule has 2 aliphatic heterocycles. The second-order valence-corrected chi connectivity index (χ2v) is 5.56. The van der Waals surface area contributed by atoms with Crippen molar-refractivity contribution in [2.24, 2.45) is 0 Å². The molecule has 1 amide bonds. The first-order valence-corrected chi connectivity index (χ1v) is 7.09. The van der Waals surface area contributed by atoms with E-state index < -0.39 is 0 Å². The Hall–Kier alpha value is -1.46. The summed E-state index contributed by atoms with van der Waals surface area (Å²) in [5.41, 5.74) is 0.321. The highest BCUT2D eigenvalue weighted by Gasteiger charge is 2.32. The van der Waals surface area contributed by atoms with E-state index >= 15 is 0 Å². The van der Waals surface area contributed by atoms with E-state index in [9.17, 15) is 9.90 Å². The molecule has 2 unspecified atom stereocenters. The number of carbonyl (C=O) groups is 1. The summed E-state index contributed by atoms with van der Waals surface area (Å²) in [6.07, 6.45) is 3.31. The summed E-state index contributed by atoms with van der Waals surface area (Å²) >= 11 is 0. The molecule has 116 valence electrons. The van der Waals surface area contributed by atoms with E-state index in [0.717, 1.165) is 19.4 Å². The van der Waals surface area contributed by atoms with E-state index in [4.69, 9.17) is 4.74 Å². The summed E-state index contributed by atoms with van der Waals surface area (Å²) in [5.74, 6) is 0.481. The number of amides is 1. The van der Waals surface area contributed by atoms with Crippen LogP contribution >= 0.6 is 12.4 Å². The lowest BCUT2D eigenvalue weighted by Gasteiger charge is -2.24. The zero-order valence-corrected chi connectivity index (χ0v) is 12.9. The minimum absolute atomic E-state index is 0. The molecule has 2 atom stereocenters. The Kier molecular flexibility index (Phi) is 4.96. The maximum atomic E-state index is 12.6. The molecule has 1 aromatic rings. The van der Waals surface area contributed by atoms with Crippen LogP contribution in [0.3, 0.4) is 0 Å². The van der Waals surface area contributed by atoms with Crippen LogP contribution in [0.15, 0.2) is 18.2 Å². The molecule has 1 aromatic carbocycles. The minimum atomic E-state index is -0.115. The third-order valence-electron chi connectivity index (χ3n) is 4.24. The highest BCUT2D eigenvalue weighted by Crippen LogP contribution is 2.26. The maximum Gasteiger partial charge on any atom is 0.257 e. The Labute approximate surface area is 130 Å². The second kappa shape index (κ2) is 6.54. The Bertz CT molecular complexity index is 524. The molecule has 6 heteroatoms. The first kappa shape index (κ1) is 15.9. The number of methoxy groups -OCH3 is 1. The number of phenolic OH excluding ortho intramolecular Hbond substituents is 1. The first-order valence-electron chi connectivity index (χ1n) is 7.09. The van der Waals surface area contributed by atoms with Gasteiger partial charge in [-0.2, -0.15) is 0 Å². The number of hydrogen-bond acceptors (Lipinski definition) is 4. The van der Waals surface area contributed by atoms with Crippen LogP contribution in [0.2, 0.25) is 0 Å². The van der Waals surface area contributed by atoms with Crippen molar-refractivity contribution < 1.29 is 14.6 Å². The van der Waals surface area contributed by atoms with Gasteiger partial charge in [0.25, 0.3) is 5.91 Å². The normalized spacial score (nSPS) is 24.1. The van der Waals surface area contributed by atoms with E-state index in [-0.39, 0.29) is 24.1 Å². The Balaban J connectivity index is 0.00000161. The summed E-state index contributed by atoms with van der Waals surface area (Å²) in [6, 6.07) is 5.69. The number of aromatic hydroxyl groups is 1. The van der Waals surface area contributed by atoms with Crippen molar-refractivity contribution in [3.05, 3.63) is 23.8 Å². The molecule has 0 aromatic heterocycles. The van der Waals surface area contributed by atoms with Gasteiger partial charge < -0.3 is 20.1 Å². The molecule has 2 fully saturated rings. The molecule has 21 heavy (non-hydrogen) atoms. The van der Waals surface area contributed by atoms with Crippen molar-refractivity contribution in [1.29, 1.82) is 0 Å².